The fraction of sp³-hybridized carbons (Fsp3) is 0.158. The molecular formula is C19H17F3N4O. The van der Waals surface area contributed by atoms with Crippen molar-refractivity contribution in [3.63, 3.8) is 0 Å². The van der Waals surface area contributed by atoms with Gasteiger partial charge in [0, 0.05) is 24.5 Å². The Morgan fingerprint density at radius 2 is 1.74 bits per heavy atom. The van der Waals surface area contributed by atoms with Gasteiger partial charge in [0.2, 0.25) is 0 Å². The van der Waals surface area contributed by atoms with Crippen molar-refractivity contribution in [2.75, 3.05) is 24.4 Å². The van der Waals surface area contributed by atoms with Gasteiger partial charge in [0.15, 0.2) is 0 Å². The highest BCUT2D eigenvalue weighted by atomic mass is 19.4. The summed E-state index contributed by atoms with van der Waals surface area (Å²) in [5.41, 5.74) is 0.312. The van der Waals surface area contributed by atoms with Gasteiger partial charge in [-0.3, -0.25) is 0 Å². The fourth-order valence-corrected chi connectivity index (χ4v) is 2.54. The molecule has 2 aromatic carbocycles. The van der Waals surface area contributed by atoms with Crippen LogP contribution in [0, 0.1) is 0 Å². The lowest BCUT2D eigenvalue weighted by Gasteiger charge is -2.19. The predicted molar refractivity (Wildman–Crippen MR) is 97.8 cm³/mol. The van der Waals surface area contributed by atoms with Crippen LogP contribution in [0.25, 0.3) is 0 Å². The smallest absolute Gasteiger partial charge is 0.420 e. The molecule has 3 rings (SSSR count). The molecule has 1 N–H and O–H groups in total. The molecule has 0 aliphatic rings. The highest BCUT2D eigenvalue weighted by Gasteiger charge is 2.34. The number of benzene rings is 2. The summed E-state index contributed by atoms with van der Waals surface area (Å²) in [6.45, 7) is 0. The molecule has 0 atom stereocenters. The lowest BCUT2D eigenvalue weighted by Crippen LogP contribution is -2.12. The minimum Gasteiger partial charge on any atom is -0.496 e. The van der Waals surface area contributed by atoms with Crippen molar-refractivity contribution >= 4 is 23.0 Å². The number of hydrogen-bond donors (Lipinski definition) is 1. The second kappa shape index (κ2) is 7.53. The van der Waals surface area contributed by atoms with E-state index in [0.29, 0.717) is 11.6 Å². The monoisotopic (exact) mass is 374 g/mol. The molecule has 27 heavy (non-hydrogen) atoms. The Morgan fingerprint density at radius 1 is 1.00 bits per heavy atom. The highest BCUT2D eigenvalue weighted by molar-refractivity contribution is 5.65. The van der Waals surface area contributed by atoms with Crippen LogP contribution in [0.5, 0.6) is 5.75 Å². The number of aromatic nitrogens is 2. The van der Waals surface area contributed by atoms with Gasteiger partial charge in [0.25, 0.3) is 0 Å². The number of nitrogens with zero attached hydrogens (tertiary/aromatic N) is 3. The van der Waals surface area contributed by atoms with Gasteiger partial charge in [0.05, 0.1) is 12.7 Å². The van der Waals surface area contributed by atoms with E-state index in [1.54, 1.807) is 6.07 Å². The van der Waals surface area contributed by atoms with Gasteiger partial charge in [0.1, 0.15) is 23.7 Å². The van der Waals surface area contributed by atoms with Gasteiger partial charge in [-0.15, -0.1) is 0 Å². The number of alkyl halides is 3. The summed E-state index contributed by atoms with van der Waals surface area (Å²) >= 11 is 0. The van der Waals surface area contributed by atoms with Crippen molar-refractivity contribution < 1.29 is 17.9 Å². The molecule has 0 radical (unpaired) electrons. The molecule has 0 saturated carbocycles. The van der Waals surface area contributed by atoms with Crippen molar-refractivity contribution in [3.05, 3.63) is 66.5 Å². The van der Waals surface area contributed by atoms with Crippen LogP contribution in [0.4, 0.5) is 36.2 Å². The van der Waals surface area contributed by atoms with E-state index in [-0.39, 0.29) is 11.4 Å². The largest absolute Gasteiger partial charge is 0.496 e. The molecule has 1 aromatic heterocycles. The van der Waals surface area contributed by atoms with E-state index in [1.165, 1.54) is 25.6 Å². The third-order valence-electron chi connectivity index (χ3n) is 3.92. The Morgan fingerprint density at radius 3 is 2.41 bits per heavy atom. The van der Waals surface area contributed by atoms with Gasteiger partial charge in [-0.1, -0.05) is 18.2 Å². The van der Waals surface area contributed by atoms with Crippen LogP contribution in [0.1, 0.15) is 5.56 Å². The van der Waals surface area contributed by atoms with Crippen LogP contribution in [0.2, 0.25) is 0 Å². The number of rotatable bonds is 5. The lowest BCUT2D eigenvalue weighted by molar-refractivity contribution is -0.138. The van der Waals surface area contributed by atoms with Crippen LogP contribution in [0.3, 0.4) is 0 Å². The number of methoxy groups -OCH3 is 1. The molecule has 0 saturated heterocycles. The summed E-state index contributed by atoms with van der Waals surface area (Å²) in [5, 5.41) is 2.88. The van der Waals surface area contributed by atoms with Crippen molar-refractivity contribution in [2.24, 2.45) is 0 Å². The Hall–Kier alpha value is -3.29. The van der Waals surface area contributed by atoms with E-state index < -0.39 is 11.7 Å². The topological polar surface area (TPSA) is 50.3 Å². The van der Waals surface area contributed by atoms with E-state index in [4.69, 9.17) is 4.74 Å². The minimum absolute atomic E-state index is 0.236. The maximum Gasteiger partial charge on any atom is 0.420 e. The molecule has 0 aliphatic carbocycles. The maximum atomic E-state index is 13.2. The maximum absolute atomic E-state index is 13.2. The van der Waals surface area contributed by atoms with Gasteiger partial charge in [-0.25, -0.2) is 9.97 Å². The molecule has 0 fully saturated rings. The summed E-state index contributed by atoms with van der Waals surface area (Å²) in [6, 6.07) is 15.0. The number of anilines is 4. The van der Waals surface area contributed by atoms with Crippen LogP contribution in [-0.4, -0.2) is 24.1 Å². The average Bonchev–Trinajstić information content (AvgIpc) is 2.67. The molecule has 3 aromatic rings. The normalized spacial score (nSPS) is 11.1. The van der Waals surface area contributed by atoms with Gasteiger partial charge >= 0.3 is 6.18 Å². The lowest BCUT2D eigenvalue weighted by atomic mass is 10.1. The number of para-hydroxylation sites is 1. The molecular weight excluding hydrogens is 357 g/mol. The zero-order valence-electron chi connectivity index (χ0n) is 14.7. The quantitative estimate of drug-likeness (QED) is 0.680. The van der Waals surface area contributed by atoms with Crippen molar-refractivity contribution in [1.82, 2.24) is 9.97 Å². The van der Waals surface area contributed by atoms with Crippen LogP contribution >= 0.6 is 0 Å². The van der Waals surface area contributed by atoms with E-state index >= 15 is 0 Å². The number of ether oxygens (including phenoxy) is 1. The van der Waals surface area contributed by atoms with Crippen molar-refractivity contribution in [3.8, 4) is 5.75 Å². The summed E-state index contributed by atoms with van der Waals surface area (Å²) in [5.74, 6) is 0.740. The number of hydrogen-bond acceptors (Lipinski definition) is 5. The second-order valence-electron chi connectivity index (χ2n) is 5.69. The molecule has 140 valence electrons. The minimum atomic E-state index is -4.52. The molecule has 0 unspecified atom stereocenters. The average molecular weight is 374 g/mol. The first-order valence-electron chi connectivity index (χ1n) is 8.01. The van der Waals surface area contributed by atoms with Gasteiger partial charge in [-0.2, -0.15) is 13.2 Å². The summed E-state index contributed by atoms with van der Waals surface area (Å²) < 4.78 is 44.3. The molecule has 0 aliphatic heterocycles. The SMILES string of the molecule is COc1ccc(Nc2cc(N(C)c3ccccc3)ncn2)cc1C(F)(F)F. The second-order valence-corrected chi connectivity index (χ2v) is 5.69. The van der Waals surface area contributed by atoms with Gasteiger partial charge in [-0.05, 0) is 30.3 Å². The number of halogens is 3. The van der Waals surface area contributed by atoms with E-state index in [0.717, 1.165) is 11.8 Å². The Kier molecular flexibility index (Phi) is 5.16. The van der Waals surface area contributed by atoms with Crippen LogP contribution < -0.4 is 15.0 Å². The zero-order chi connectivity index (χ0) is 19.4. The standard InChI is InChI=1S/C19H17F3N4O/c1-26(14-6-4-3-5-7-14)18-11-17(23-12-24-18)25-13-8-9-16(27-2)15(10-13)19(20,21)22/h3-12H,1-2H3,(H,23,24,25). The molecule has 8 heteroatoms. The first-order chi connectivity index (χ1) is 12.9. The zero-order valence-corrected chi connectivity index (χ0v) is 14.7. The first kappa shape index (κ1) is 18.5. The predicted octanol–water partition coefficient (Wildman–Crippen LogP) is 5.02. The molecule has 0 spiro atoms. The molecule has 1 heterocycles. The Labute approximate surface area is 154 Å². The van der Waals surface area contributed by atoms with E-state index in [2.05, 4.69) is 15.3 Å². The molecule has 0 amide bonds. The summed E-state index contributed by atoms with van der Waals surface area (Å²) in [6.07, 6.45) is -3.17. The van der Waals surface area contributed by atoms with Crippen LogP contribution in [0.15, 0.2) is 60.9 Å². The van der Waals surface area contributed by atoms with E-state index in [9.17, 15) is 13.2 Å². The Bertz CT molecular complexity index is 916. The molecule has 5 nitrogen and oxygen atoms in total. The van der Waals surface area contributed by atoms with Crippen molar-refractivity contribution in [1.29, 1.82) is 0 Å². The van der Waals surface area contributed by atoms with Gasteiger partial charge < -0.3 is 15.0 Å². The molecule has 0 bridgehead atoms. The third-order valence-corrected chi connectivity index (χ3v) is 3.92. The van der Waals surface area contributed by atoms with E-state index in [1.807, 2.05) is 42.3 Å². The number of nitrogens with one attached hydrogen (secondary N) is 1. The fourth-order valence-electron chi connectivity index (χ4n) is 2.54. The van der Waals surface area contributed by atoms with Crippen molar-refractivity contribution in [2.45, 2.75) is 6.18 Å². The first-order valence-corrected chi connectivity index (χ1v) is 8.01. The summed E-state index contributed by atoms with van der Waals surface area (Å²) in [7, 11) is 3.05. The Balaban J connectivity index is 1.87. The summed E-state index contributed by atoms with van der Waals surface area (Å²) in [4.78, 5) is 10.1. The third kappa shape index (κ3) is 4.28. The van der Waals surface area contributed by atoms with Crippen LogP contribution in [-0.2, 0) is 6.18 Å². The highest BCUT2D eigenvalue weighted by Crippen LogP contribution is 2.38.